The van der Waals surface area contributed by atoms with Gasteiger partial charge in [-0.2, -0.15) is 0 Å². The number of nitrogens with zero attached hydrogens (tertiary/aromatic N) is 2. The van der Waals surface area contributed by atoms with Crippen LogP contribution in [-0.2, 0) is 47.9 Å². The third kappa shape index (κ3) is 26.7. The fourth-order valence-electron chi connectivity index (χ4n) is 6.07. The molecule has 0 fully saturated rings. The summed E-state index contributed by atoms with van der Waals surface area (Å²) in [4.78, 5) is 136. The lowest BCUT2D eigenvalue weighted by Crippen LogP contribution is -2.60. The van der Waals surface area contributed by atoms with Gasteiger partial charge in [0.25, 0.3) is 0 Å². The second kappa shape index (κ2) is 31.1. The first kappa shape index (κ1) is 59.2. The van der Waals surface area contributed by atoms with Crippen molar-refractivity contribution in [3.05, 3.63) is 0 Å². The minimum atomic E-state index is -1.71. The Bertz CT molecular complexity index is 1740. The lowest BCUT2D eigenvalue weighted by Gasteiger charge is -2.28. The quantitative estimate of drug-likeness (QED) is 0.0167. The summed E-state index contributed by atoms with van der Waals surface area (Å²) in [6.07, 6.45) is -3.27. The molecule has 7 atom stereocenters. The van der Waals surface area contributed by atoms with Crippen molar-refractivity contribution in [1.82, 2.24) is 31.9 Å². The van der Waals surface area contributed by atoms with E-state index in [1.807, 2.05) is 0 Å². The summed E-state index contributed by atoms with van der Waals surface area (Å²) in [6, 6.07) is -10.4. The van der Waals surface area contributed by atoms with E-state index in [0.29, 0.717) is 6.42 Å². The van der Waals surface area contributed by atoms with Crippen LogP contribution in [0.1, 0.15) is 105 Å². The molecule has 0 unspecified atom stereocenters. The number of carboxylic acids is 4. The predicted octanol–water partition coefficient (Wildman–Crippen LogP) is -3.90. The van der Waals surface area contributed by atoms with Gasteiger partial charge in [0.2, 0.25) is 35.4 Å². The first-order valence-corrected chi connectivity index (χ1v) is 21.3. The number of aliphatic carboxylic acids is 4. The van der Waals surface area contributed by atoms with Gasteiger partial charge in [0.1, 0.15) is 36.3 Å². The number of aliphatic imine (C=N–C) groups is 2. The predicted molar refractivity (Wildman–Crippen MR) is 237 cm³/mol. The molecule has 374 valence electrons. The largest absolute Gasteiger partial charge is 0.481 e. The molecule has 0 heterocycles. The molecule has 0 bridgehead atoms. The van der Waals surface area contributed by atoms with Gasteiger partial charge in [-0.3, -0.25) is 53.1 Å². The third-order valence-electron chi connectivity index (χ3n) is 9.38. The van der Waals surface area contributed by atoms with E-state index in [4.69, 9.17) is 28.7 Å². The van der Waals surface area contributed by atoms with E-state index in [0.717, 1.165) is 0 Å². The number of rotatable bonds is 34. The van der Waals surface area contributed by atoms with E-state index in [9.17, 15) is 68.4 Å². The maximum atomic E-state index is 13.9. The van der Waals surface area contributed by atoms with Crippen LogP contribution in [0.15, 0.2) is 9.98 Å². The Labute approximate surface area is 381 Å². The van der Waals surface area contributed by atoms with Crippen LogP contribution >= 0.6 is 0 Å². The number of nitrogens with two attached hydrogens (primary N) is 5. The minimum absolute atomic E-state index is 0.0159. The smallest absolute Gasteiger partial charge is 0.326 e. The van der Waals surface area contributed by atoms with Gasteiger partial charge in [0.05, 0.1) is 6.04 Å². The molecule has 66 heavy (non-hydrogen) atoms. The fourth-order valence-corrected chi connectivity index (χ4v) is 6.07. The maximum Gasteiger partial charge on any atom is 0.326 e. The highest BCUT2D eigenvalue weighted by Gasteiger charge is 2.34. The van der Waals surface area contributed by atoms with E-state index in [1.54, 1.807) is 27.7 Å². The highest BCUT2D eigenvalue weighted by atomic mass is 16.4. The van der Waals surface area contributed by atoms with Gasteiger partial charge in [-0.25, -0.2) is 4.79 Å². The Morgan fingerprint density at radius 1 is 0.424 bits per heavy atom. The molecule has 27 heteroatoms. The average Bonchev–Trinajstić information content (AvgIpc) is 3.20. The monoisotopic (exact) mass is 944 g/mol. The van der Waals surface area contributed by atoms with Gasteiger partial charge in [0.15, 0.2) is 11.9 Å². The van der Waals surface area contributed by atoms with E-state index >= 15 is 0 Å². The summed E-state index contributed by atoms with van der Waals surface area (Å²) >= 11 is 0. The molecule has 27 nitrogen and oxygen atoms in total. The molecule has 0 spiro atoms. The number of nitrogens with one attached hydrogen (secondary N) is 6. The molecule has 0 rings (SSSR count). The van der Waals surface area contributed by atoms with E-state index < -0.39 is 140 Å². The van der Waals surface area contributed by atoms with Crippen LogP contribution in [0.3, 0.4) is 0 Å². The molecule has 0 aliphatic carbocycles. The summed E-state index contributed by atoms with van der Waals surface area (Å²) in [5, 5.41) is 52.1. The van der Waals surface area contributed by atoms with Gasteiger partial charge >= 0.3 is 23.9 Å². The van der Waals surface area contributed by atoms with Crippen molar-refractivity contribution in [1.29, 1.82) is 0 Å². The lowest BCUT2D eigenvalue weighted by atomic mass is 10.0. The standard InChI is InChI=1S/C39H69N13O14/c1-19(2)17-26(36(64)50-23(9-12-28(53)54)33(61)49-25(11-14-30(57)58)35(63)52-27(37(65)66)18-20(3)4)51-34(62)24(10-13-29(55)56)48-32(60)22(8-6-16-46-39(43)44)47-31(59)21(40)7-5-15-45-38(41)42/h19-27H,5-18,40H2,1-4H3,(H,47,59)(H,48,60)(H,49,61)(H,50,64)(H,51,62)(H,52,63)(H,53,54)(H,55,56)(H,57,58)(H,65,66)(H4,41,42,45)(H4,43,44,46)/t21-,22-,23-,24-,25-,26-,27-/m0/s1. The van der Waals surface area contributed by atoms with Crippen molar-refractivity contribution in [2.45, 2.75) is 147 Å². The van der Waals surface area contributed by atoms with Crippen LogP contribution in [-0.4, -0.2) is 147 Å². The number of carboxylic acid groups (broad SMARTS) is 4. The average molecular weight is 944 g/mol. The van der Waals surface area contributed by atoms with Crippen molar-refractivity contribution in [2.24, 2.45) is 50.5 Å². The van der Waals surface area contributed by atoms with Crippen LogP contribution in [0.2, 0.25) is 0 Å². The molecular formula is C39H69N13O14. The molecule has 0 saturated carbocycles. The van der Waals surface area contributed by atoms with Gasteiger partial charge < -0.3 is 81.0 Å². The number of carbonyl (C=O) groups excluding carboxylic acids is 6. The number of hydrogen-bond donors (Lipinski definition) is 15. The molecule has 6 amide bonds. The molecule has 0 aliphatic heterocycles. The van der Waals surface area contributed by atoms with Crippen LogP contribution in [0, 0.1) is 11.8 Å². The summed E-state index contributed by atoms with van der Waals surface area (Å²) in [5.41, 5.74) is 27.4. The zero-order valence-corrected chi connectivity index (χ0v) is 37.7. The number of hydrogen-bond acceptors (Lipinski definition) is 13. The Morgan fingerprint density at radius 3 is 1.05 bits per heavy atom. The van der Waals surface area contributed by atoms with Crippen molar-refractivity contribution in [2.75, 3.05) is 13.1 Å². The summed E-state index contributed by atoms with van der Waals surface area (Å²) in [6.45, 7) is 6.93. The van der Waals surface area contributed by atoms with Crippen LogP contribution in [0.25, 0.3) is 0 Å². The van der Waals surface area contributed by atoms with E-state index in [1.165, 1.54) is 0 Å². The zero-order valence-electron chi connectivity index (χ0n) is 37.7. The van der Waals surface area contributed by atoms with Crippen LogP contribution < -0.4 is 60.6 Å². The molecule has 20 N–H and O–H groups in total. The van der Waals surface area contributed by atoms with Crippen molar-refractivity contribution >= 4 is 71.2 Å². The second-order valence-corrected chi connectivity index (χ2v) is 16.3. The Balaban J connectivity index is 6.63. The van der Waals surface area contributed by atoms with E-state index in [-0.39, 0.29) is 68.9 Å². The second-order valence-electron chi connectivity index (χ2n) is 16.3. The number of amides is 6. The maximum absolute atomic E-state index is 13.9. The van der Waals surface area contributed by atoms with Gasteiger partial charge in [-0.15, -0.1) is 0 Å². The molecule has 0 aromatic rings. The Hall–Kier alpha value is -6.80. The first-order chi connectivity index (χ1) is 30.7. The molecule has 0 radical (unpaired) electrons. The molecule has 0 aliphatic rings. The zero-order chi connectivity index (χ0) is 50.7. The molecule has 0 aromatic heterocycles. The summed E-state index contributed by atoms with van der Waals surface area (Å²) in [5.74, 6) is -12.4. The SMILES string of the molecule is CC(C)C[C@H](NC(=O)[C@H](CCC(=O)O)NC(=O)[C@H](CCC(=O)O)NC(=O)[C@H](CC(C)C)NC(=O)[C@H](CCC(=O)O)NC(=O)[C@H](CCCN=C(N)N)NC(=O)[C@@H](N)CCCN=C(N)N)C(=O)O. The molecule has 0 saturated heterocycles. The number of guanidine groups is 2. The van der Waals surface area contributed by atoms with E-state index in [2.05, 4.69) is 41.9 Å². The van der Waals surface area contributed by atoms with Gasteiger partial charge in [-0.1, -0.05) is 27.7 Å². The fraction of sp³-hybridized carbons (Fsp3) is 0.692. The third-order valence-corrected chi connectivity index (χ3v) is 9.38. The minimum Gasteiger partial charge on any atom is -0.481 e. The summed E-state index contributed by atoms with van der Waals surface area (Å²) in [7, 11) is 0. The van der Waals surface area contributed by atoms with Crippen molar-refractivity contribution in [3.8, 4) is 0 Å². The first-order valence-electron chi connectivity index (χ1n) is 21.3. The highest BCUT2D eigenvalue weighted by molar-refractivity contribution is 5.97. The topological polar surface area (TPSA) is 479 Å². The Kier molecular flexibility index (Phi) is 27.9. The normalized spacial score (nSPS) is 14.1. The molecular weight excluding hydrogens is 875 g/mol. The van der Waals surface area contributed by atoms with Gasteiger partial charge in [0, 0.05) is 32.4 Å². The summed E-state index contributed by atoms with van der Waals surface area (Å²) < 4.78 is 0. The van der Waals surface area contributed by atoms with Crippen LogP contribution in [0.5, 0.6) is 0 Å². The Morgan fingerprint density at radius 2 is 0.712 bits per heavy atom. The van der Waals surface area contributed by atoms with Crippen molar-refractivity contribution in [3.63, 3.8) is 0 Å². The lowest BCUT2D eigenvalue weighted by molar-refractivity contribution is -0.143. The molecule has 0 aromatic carbocycles. The van der Waals surface area contributed by atoms with Crippen molar-refractivity contribution < 1.29 is 68.4 Å². The van der Waals surface area contributed by atoms with Gasteiger partial charge in [-0.05, 0) is 69.6 Å². The highest BCUT2D eigenvalue weighted by Crippen LogP contribution is 2.12. The number of carbonyl (C=O) groups is 10. The van der Waals surface area contributed by atoms with Crippen LogP contribution in [0.4, 0.5) is 0 Å².